The van der Waals surface area contributed by atoms with Gasteiger partial charge < -0.3 is 10.2 Å². The Hall–Kier alpha value is -0.570. The molecule has 0 aromatic heterocycles. The summed E-state index contributed by atoms with van der Waals surface area (Å²) in [6, 6.07) is 0.293. The fraction of sp³-hybridized carbons (Fsp3) is 0.929. The minimum Gasteiger partial charge on any atom is -0.339 e. The van der Waals surface area contributed by atoms with Crippen LogP contribution in [0.2, 0.25) is 0 Å². The van der Waals surface area contributed by atoms with E-state index in [0.29, 0.717) is 12.6 Å². The lowest BCUT2D eigenvalue weighted by Crippen LogP contribution is -2.47. The number of nitrogens with zero attached hydrogens (tertiary/aromatic N) is 1. The predicted molar refractivity (Wildman–Crippen MR) is 74.1 cm³/mol. The van der Waals surface area contributed by atoms with Gasteiger partial charge in [0.15, 0.2) is 0 Å². The summed E-state index contributed by atoms with van der Waals surface area (Å²) in [5.74, 6) is 0.214. The van der Waals surface area contributed by atoms with E-state index in [-0.39, 0.29) is 11.4 Å². The molecule has 0 heterocycles. The third kappa shape index (κ3) is 8.19. The zero-order chi connectivity index (χ0) is 13.5. The van der Waals surface area contributed by atoms with Gasteiger partial charge in [0, 0.05) is 18.1 Å². The maximum Gasteiger partial charge on any atom is 0.236 e. The molecule has 0 aromatic rings. The van der Waals surface area contributed by atoms with Crippen molar-refractivity contribution in [3.05, 3.63) is 0 Å². The van der Waals surface area contributed by atoms with Gasteiger partial charge in [-0.3, -0.25) is 4.79 Å². The quantitative estimate of drug-likeness (QED) is 0.696. The van der Waals surface area contributed by atoms with Crippen LogP contribution in [0.4, 0.5) is 0 Å². The van der Waals surface area contributed by atoms with E-state index < -0.39 is 0 Å². The molecule has 0 aliphatic carbocycles. The molecule has 0 atom stereocenters. The lowest BCUT2D eigenvalue weighted by molar-refractivity contribution is -0.132. The summed E-state index contributed by atoms with van der Waals surface area (Å²) in [5.41, 5.74) is 0.00171. The number of nitrogens with one attached hydrogen (secondary N) is 1. The molecular formula is C14H30N2O. The molecular weight excluding hydrogens is 212 g/mol. The molecule has 0 spiro atoms. The third-order valence-electron chi connectivity index (χ3n) is 2.72. The van der Waals surface area contributed by atoms with Crippen molar-refractivity contribution in [3.8, 4) is 0 Å². The fourth-order valence-corrected chi connectivity index (χ4v) is 1.65. The van der Waals surface area contributed by atoms with Crippen molar-refractivity contribution in [1.82, 2.24) is 10.2 Å². The highest BCUT2D eigenvalue weighted by atomic mass is 16.2. The minimum absolute atomic E-state index is 0.00171. The Bertz CT molecular complexity index is 219. The van der Waals surface area contributed by atoms with Gasteiger partial charge in [-0.15, -0.1) is 0 Å². The van der Waals surface area contributed by atoms with Crippen molar-refractivity contribution in [2.75, 3.05) is 13.1 Å². The molecule has 3 heteroatoms. The standard InChI is InChI=1S/C14H30N2O/c1-7-8-9-10-16(12(2)3)13(17)11-15-14(4,5)6/h12,15H,7-11H2,1-6H3. The molecule has 0 aliphatic heterocycles. The smallest absolute Gasteiger partial charge is 0.236 e. The highest BCUT2D eigenvalue weighted by Crippen LogP contribution is 2.05. The van der Waals surface area contributed by atoms with Crippen LogP contribution >= 0.6 is 0 Å². The van der Waals surface area contributed by atoms with E-state index in [9.17, 15) is 4.79 Å². The Balaban J connectivity index is 4.16. The summed E-state index contributed by atoms with van der Waals surface area (Å²) in [6.07, 6.45) is 3.50. The molecule has 0 aromatic carbocycles. The summed E-state index contributed by atoms with van der Waals surface area (Å²) >= 11 is 0. The van der Waals surface area contributed by atoms with E-state index in [2.05, 4.69) is 46.9 Å². The minimum atomic E-state index is 0.00171. The van der Waals surface area contributed by atoms with Crippen LogP contribution in [0.3, 0.4) is 0 Å². The summed E-state index contributed by atoms with van der Waals surface area (Å²) in [5, 5.41) is 3.26. The van der Waals surface area contributed by atoms with Crippen molar-refractivity contribution < 1.29 is 4.79 Å². The largest absolute Gasteiger partial charge is 0.339 e. The first-order chi connectivity index (χ1) is 7.78. The van der Waals surface area contributed by atoms with E-state index in [1.807, 2.05) is 4.90 Å². The Morgan fingerprint density at radius 2 is 1.82 bits per heavy atom. The second-order valence-corrected chi connectivity index (χ2v) is 5.99. The molecule has 0 radical (unpaired) electrons. The number of unbranched alkanes of at least 4 members (excludes halogenated alkanes) is 2. The van der Waals surface area contributed by atoms with Crippen molar-refractivity contribution in [2.24, 2.45) is 0 Å². The molecule has 1 N–H and O–H groups in total. The number of rotatable bonds is 7. The van der Waals surface area contributed by atoms with E-state index in [4.69, 9.17) is 0 Å². The summed E-state index contributed by atoms with van der Waals surface area (Å²) < 4.78 is 0. The molecule has 0 rings (SSSR count). The normalized spacial score (nSPS) is 11.9. The van der Waals surface area contributed by atoms with Crippen LogP contribution in [0.1, 0.15) is 60.8 Å². The van der Waals surface area contributed by atoms with Crippen LogP contribution in [0.25, 0.3) is 0 Å². The summed E-state index contributed by atoms with van der Waals surface area (Å²) in [7, 11) is 0. The van der Waals surface area contributed by atoms with Crippen LogP contribution in [-0.2, 0) is 4.79 Å². The van der Waals surface area contributed by atoms with Gasteiger partial charge in [0.05, 0.1) is 6.54 Å². The summed E-state index contributed by atoms with van der Waals surface area (Å²) in [6.45, 7) is 13.9. The predicted octanol–water partition coefficient (Wildman–Crippen LogP) is 2.80. The van der Waals surface area contributed by atoms with Gasteiger partial charge in [0.2, 0.25) is 5.91 Å². The van der Waals surface area contributed by atoms with Crippen molar-refractivity contribution >= 4 is 5.91 Å². The van der Waals surface area contributed by atoms with Gasteiger partial charge in [0.25, 0.3) is 0 Å². The second-order valence-electron chi connectivity index (χ2n) is 5.99. The van der Waals surface area contributed by atoms with Gasteiger partial charge in [-0.1, -0.05) is 19.8 Å². The molecule has 0 saturated heterocycles. The Morgan fingerprint density at radius 1 is 1.24 bits per heavy atom. The Kier molecular flexibility index (Phi) is 7.44. The molecule has 1 amide bonds. The monoisotopic (exact) mass is 242 g/mol. The van der Waals surface area contributed by atoms with Gasteiger partial charge in [-0.25, -0.2) is 0 Å². The van der Waals surface area contributed by atoms with Crippen LogP contribution in [0.15, 0.2) is 0 Å². The molecule has 3 nitrogen and oxygen atoms in total. The number of hydrogen-bond acceptors (Lipinski definition) is 2. The molecule has 0 saturated carbocycles. The van der Waals surface area contributed by atoms with Gasteiger partial charge in [-0.05, 0) is 41.0 Å². The maximum absolute atomic E-state index is 12.1. The van der Waals surface area contributed by atoms with Gasteiger partial charge >= 0.3 is 0 Å². The van der Waals surface area contributed by atoms with Gasteiger partial charge in [-0.2, -0.15) is 0 Å². The van der Waals surface area contributed by atoms with Crippen molar-refractivity contribution in [3.63, 3.8) is 0 Å². The highest BCUT2D eigenvalue weighted by Gasteiger charge is 2.18. The lowest BCUT2D eigenvalue weighted by Gasteiger charge is -2.29. The van der Waals surface area contributed by atoms with Crippen LogP contribution in [0, 0.1) is 0 Å². The summed E-state index contributed by atoms with van der Waals surface area (Å²) in [4.78, 5) is 14.1. The van der Waals surface area contributed by atoms with Crippen LogP contribution < -0.4 is 5.32 Å². The van der Waals surface area contributed by atoms with Crippen molar-refractivity contribution in [2.45, 2.75) is 72.4 Å². The molecule has 0 bridgehead atoms. The molecule has 102 valence electrons. The molecule has 0 aliphatic rings. The lowest BCUT2D eigenvalue weighted by atomic mass is 10.1. The van der Waals surface area contributed by atoms with E-state index >= 15 is 0 Å². The van der Waals surface area contributed by atoms with Crippen molar-refractivity contribution in [1.29, 1.82) is 0 Å². The fourth-order valence-electron chi connectivity index (χ4n) is 1.65. The number of hydrogen-bond donors (Lipinski definition) is 1. The van der Waals surface area contributed by atoms with Crippen LogP contribution in [-0.4, -0.2) is 35.5 Å². The first-order valence-electron chi connectivity index (χ1n) is 6.82. The average molecular weight is 242 g/mol. The zero-order valence-corrected chi connectivity index (χ0v) is 12.5. The molecule has 0 unspecified atom stereocenters. The number of carbonyl (C=O) groups is 1. The van der Waals surface area contributed by atoms with Gasteiger partial charge in [0.1, 0.15) is 0 Å². The number of amides is 1. The first kappa shape index (κ1) is 16.4. The topological polar surface area (TPSA) is 32.3 Å². The first-order valence-corrected chi connectivity index (χ1v) is 6.82. The molecule has 0 fully saturated rings. The van der Waals surface area contributed by atoms with E-state index in [0.717, 1.165) is 13.0 Å². The highest BCUT2D eigenvalue weighted by molar-refractivity contribution is 5.78. The average Bonchev–Trinajstić information content (AvgIpc) is 2.19. The zero-order valence-electron chi connectivity index (χ0n) is 12.5. The maximum atomic E-state index is 12.1. The SMILES string of the molecule is CCCCCN(C(=O)CNC(C)(C)C)C(C)C. The Morgan fingerprint density at radius 3 is 2.24 bits per heavy atom. The van der Waals surface area contributed by atoms with E-state index in [1.54, 1.807) is 0 Å². The third-order valence-corrected chi connectivity index (χ3v) is 2.72. The van der Waals surface area contributed by atoms with Crippen LogP contribution in [0.5, 0.6) is 0 Å². The Labute approximate surface area is 107 Å². The van der Waals surface area contributed by atoms with E-state index in [1.165, 1.54) is 12.8 Å². The number of carbonyl (C=O) groups excluding carboxylic acids is 1. The molecule has 17 heavy (non-hydrogen) atoms. The second kappa shape index (κ2) is 7.70.